The standard InChI is InChI=1S/C30H28F4N2O3/c1-15-9-19-18-7-5-6-8-23(18)35-27(19)28(36(15)14-30(2,3)34)26-21(32)10-16(11-22(26)33)25-20(31)12-17(29(37)38)13-24(25)39-4/h5-8,10-13,15,28,35H,9,14H2,1-4H3,(H,37,38)/t15-,28-/m1/s1. The highest BCUT2D eigenvalue weighted by molar-refractivity contribution is 5.90. The van der Waals surface area contributed by atoms with Gasteiger partial charge in [-0.3, -0.25) is 4.90 Å². The number of aromatic amines is 1. The first kappa shape index (κ1) is 26.7. The summed E-state index contributed by atoms with van der Waals surface area (Å²) in [6, 6.07) is 10.2. The van der Waals surface area contributed by atoms with Crippen molar-refractivity contribution in [3.05, 3.63) is 88.4 Å². The largest absolute Gasteiger partial charge is 0.496 e. The zero-order valence-corrected chi connectivity index (χ0v) is 21.9. The average Bonchev–Trinajstić information content (AvgIpc) is 3.21. The van der Waals surface area contributed by atoms with E-state index >= 15 is 13.2 Å². The van der Waals surface area contributed by atoms with Gasteiger partial charge in [0.2, 0.25) is 0 Å². The van der Waals surface area contributed by atoms with Gasteiger partial charge in [-0.1, -0.05) is 18.2 Å². The predicted molar refractivity (Wildman–Crippen MR) is 140 cm³/mol. The molecule has 1 aromatic heterocycles. The number of alkyl halides is 1. The van der Waals surface area contributed by atoms with E-state index in [0.717, 1.165) is 40.7 Å². The van der Waals surface area contributed by atoms with Crippen LogP contribution in [-0.4, -0.2) is 46.3 Å². The van der Waals surface area contributed by atoms with Crippen LogP contribution in [0.4, 0.5) is 17.6 Å². The van der Waals surface area contributed by atoms with Gasteiger partial charge in [0.05, 0.1) is 24.3 Å². The number of rotatable bonds is 6. The molecule has 204 valence electrons. The fraction of sp³-hybridized carbons (Fsp3) is 0.300. The van der Waals surface area contributed by atoms with Crippen LogP contribution in [-0.2, 0) is 6.42 Å². The fourth-order valence-electron chi connectivity index (χ4n) is 5.63. The summed E-state index contributed by atoms with van der Waals surface area (Å²) in [5, 5.41) is 10.2. The maximum Gasteiger partial charge on any atom is 0.335 e. The summed E-state index contributed by atoms with van der Waals surface area (Å²) in [5.74, 6) is -4.44. The number of hydrogen-bond donors (Lipinski definition) is 2. The monoisotopic (exact) mass is 540 g/mol. The number of benzene rings is 3. The first-order valence-electron chi connectivity index (χ1n) is 12.5. The lowest BCUT2D eigenvalue weighted by atomic mass is 9.86. The number of fused-ring (bicyclic) bond motifs is 3. The molecule has 2 N–H and O–H groups in total. The van der Waals surface area contributed by atoms with Crippen LogP contribution in [0, 0.1) is 17.5 Å². The summed E-state index contributed by atoms with van der Waals surface area (Å²) in [6.45, 7) is 4.66. The molecule has 0 saturated heterocycles. The zero-order valence-electron chi connectivity index (χ0n) is 21.9. The van der Waals surface area contributed by atoms with Crippen molar-refractivity contribution < 1.29 is 32.2 Å². The van der Waals surface area contributed by atoms with Crippen molar-refractivity contribution in [3.8, 4) is 16.9 Å². The number of carbonyl (C=O) groups is 1. The SMILES string of the molecule is COc1cc(C(=O)O)cc(F)c1-c1cc(F)c([C@@H]2c3[nH]c4ccccc4c3C[C@@H](C)N2CC(C)(C)F)c(F)c1. The summed E-state index contributed by atoms with van der Waals surface area (Å²) in [5.41, 5.74) is -0.416. The highest BCUT2D eigenvalue weighted by Crippen LogP contribution is 2.44. The van der Waals surface area contributed by atoms with E-state index < -0.39 is 35.1 Å². The molecule has 0 fully saturated rings. The summed E-state index contributed by atoms with van der Waals surface area (Å²) < 4.78 is 67.2. The number of aromatic carboxylic acids is 1. The van der Waals surface area contributed by atoms with E-state index in [0.29, 0.717) is 12.1 Å². The smallest absolute Gasteiger partial charge is 0.335 e. The van der Waals surface area contributed by atoms with Gasteiger partial charge in [0, 0.05) is 34.7 Å². The Labute approximate surface area is 223 Å². The van der Waals surface area contributed by atoms with Crippen molar-refractivity contribution in [1.29, 1.82) is 0 Å². The van der Waals surface area contributed by atoms with Crippen LogP contribution in [0.2, 0.25) is 0 Å². The predicted octanol–water partition coefficient (Wildman–Crippen LogP) is 7.04. The molecule has 0 radical (unpaired) electrons. The summed E-state index contributed by atoms with van der Waals surface area (Å²) in [7, 11) is 1.21. The minimum Gasteiger partial charge on any atom is -0.496 e. The minimum atomic E-state index is -1.65. The Balaban J connectivity index is 1.71. The van der Waals surface area contributed by atoms with Crippen LogP contribution in [0.3, 0.4) is 0 Å². The van der Waals surface area contributed by atoms with Crippen LogP contribution in [0.15, 0.2) is 48.5 Å². The molecule has 0 aliphatic carbocycles. The van der Waals surface area contributed by atoms with Gasteiger partial charge in [0.1, 0.15) is 28.9 Å². The Morgan fingerprint density at radius 3 is 2.38 bits per heavy atom. The molecule has 5 rings (SSSR count). The molecule has 0 bridgehead atoms. The van der Waals surface area contributed by atoms with Gasteiger partial charge in [-0.25, -0.2) is 22.4 Å². The molecule has 0 saturated carbocycles. The van der Waals surface area contributed by atoms with Crippen molar-refractivity contribution in [3.63, 3.8) is 0 Å². The molecule has 4 aromatic rings. The van der Waals surface area contributed by atoms with Crippen molar-refractivity contribution in [2.75, 3.05) is 13.7 Å². The highest BCUT2D eigenvalue weighted by Gasteiger charge is 2.41. The van der Waals surface area contributed by atoms with Crippen LogP contribution < -0.4 is 4.74 Å². The molecule has 0 spiro atoms. The Morgan fingerprint density at radius 1 is 1.10 bits per heavy atom. The second kappa shape index (κ2) is 9.72. The van der Waals surface area contributed by atoms with Gasteiger partial charge in [-0.2, -0.15) is 0 Å². The summed E-state index contributed by atoms with van der Waals surface area (Å²) in [4.78, 5) is 16.4. The molecule has 3 aromatic carbocycles. The molecule has 39 heavy (non-hydrogen) atoms. The number of H-pyrrole nitrogens is 1. The Hall–Kier alpha value is -3.85. The van der Waals surface area contributed by atoms with E-state index in [-0.39, 0.29) is 40.6 Å². The van der Waals surface area contributed by atoms with Gasteiger partial charge in [-0.15, -0.1) is 0 Å². The molecule has 1 aliphatic heterocycles. The maximum absolute atomic E-state index is 16.0. The molecular weight excluding hydrogens is 512 g/mol. The van der Waals surface area contributed by atoms with E-state index in [1.54, 1.807) is 4.90 Å². The third-order valence-corrected chi connectivity index (χ3v) is 7.24. The normalized spacial score (nSPS) is 17.8. The number of hydrogen-bond acceptors (Lipinski definition) is 3. The second-order valence-corrected chi connectivity index (χ2v) is 10.6. The molecule has 2 heterocycles. The molecule has 5 nitrogen and oxygen atoms in total. The zero-order chi connectivity index (χ0) is 28.2. The van der Waals surface area contributed by atoms with E-state index in [9.17, 15) is 14.3 Å². The third-order valence-electron chi connectivity index (χ3n) is 7.24. The molecule has 1 aliphatic rings. The second-order valence-electron chi connectivity index (χ2n) is 10.6. The number of carboxylic acid groups (broad SMARTS) is 1. The van der Waals surface area contributed by atoms with E-state index in [1.165, 1.54) is 21.0 Å². The Bertz CT molecular complexity index is 1570. The van der Waals surface area contributed by atoms with Crippen molar-refractivity contribution in [1.82, 2.24) is 9.88 Å². The maximum atomic E-state index is 16.0. The summed E-state index contributed by atoms with van der Waals surface area (Å²) >= 11 is 0. The number of aromatic nitrogens is 1. The van der Waals surface area contributed by atoms with E-state index in [4.69, 9.17) is 4.74 Å². The number of ether oxygens (including phenoxy) is 1. The van der Waals surface area contributed by atoms with Crippen LogP contribution in [0.25, 0.3) is 22.0 Å². The van der Waals surface area contributed by atoms with Crippen LogP contribution in [0.1, 0.15) is 54.0 Å². The first-order chi connectivity index (χ1) is 18.4. The van der Waals surface area contributed by atoms with E-state index in [1.807, 2.05) is 31.2 Å². The van der Waals surface area contributed by atoms with Crippen molar-refractivity contribution >= 4 is 16.9 Å². The number of para-hydroxylation sites is 1. The topological polar surface area (TPSA) is 65.6 Å². The highest BCUT2D eigenvalue weighted by atomic mass is 19.1. The van der Waals surface area contributed by atoms with Crippen LogP contribution >= 0.6 is 0 Å². The Morgan fingerprint density at radius 2 is 1.77 bits per heavy atom. The molecule has 9 heteroatoms. The van der Waals surface area contributed by atoms with Gasteiger partial charge < -0.3 is 14.8 Å². The van der Waals surface area contributed by atoms with Gasteiger partial charge in [0.15, 0.2) is 0 Å². The number of nitrogens with one attached hydrogen (secondary N) is 1. The molecule has 0 unspecified atom stereocenters. The van der Waals surface area contributed by atoms with Gasteiger partial charge >= 0.3 is 5.97 Å². The van der Waals surface area contributed by atoms with Gasteiger partial charge in [-0.05, 0) is 68.7 Å². The Kier molecular flexibility index (Phi) is 6.66. The van der Waals surface area contributed by atoms with Crippen LogP contribution in [0.5, 0.6) is 5.75 Å². The average molecular weight is 541 g/mol. The molecular formula is C30H28F4N2O3. The number of nitrogens with zero attached hydrogens (tertiary/aromatic N) is 1. The van der Waals surface area contributed by atoms with Crippen molar-refractivity contribution in [2.24, 2.45) is 0 Å². The fourth-order valence-corrected chi connectivity index (χ4v) is 5.63. The number of methoxy groups -OCH3 is 1. The number of carboxylic acids is 1. The lowest BCUT2D eigenvalue weighted by Crippen LogP contribution is -2.48. The minimum absolute atomic E-state index is 0.0760. The molecule has 2 atom stereocenters. The lowest BCUT2D eigenvalue weighted by molar-refractivity contribution is 0.0643. The summed E-state index contributed by atoms with van der Waals surface area (Å²) in [6.07, 6.45) is 0.561. The number of halogens is 4. The van der Waals surface area contributed by atoms with E-state index in [2.05, 4.69) is 4.98 Å². The van der Waals surface area contributed by atoms with Gasteiger partial charge in [0.25, 0.3) is 0 Å². The molecule has 0 amide bonds. The lowest BCUT2D eigenvalue weighted by Gasteiger charge is -2.43. The van der Waals surface area contributed by atoms with Crippen molar-refractivity contribution in [2.45, 2.75) is 44.9 Å². The first-order valence-corrected chi connectivity index (χ1v) is 12.5. The quantitative estimate of drug-likeness (QED) is 0.258. The third kappa shape index (κ3) is 4.76.